The predicted octanol–water partition coefficient (Wildman–Crippen LogP) is 4.21. The number of carbonyl (C=O) groups excluding carboxylic acids is 2. The molecule has 122 valence electrons. The smallest absolute Gasteiger partial charge is 0.224 e. The molecular weight excluding hydrogens is 338 g/mol. The van der Waals surface area contributed by atoms with Crippen molar-refractivity contribution in [2.75, 3.05) is 0 Å². The van der Waals surface area contributed by atoms with Gasteiger partial charge in [0.25, 0.3) is 0 Å². The summed E-state index contributed by atoms with van der Waals surface area (Å²) in [6, 6.07) is 13.5. The van der Waals surface area contributed by atoms with Crippen LogP contribution in [-0.2, 0) is 17.8 Å². The van der Waals surface area contributed by atoms with Gasteiger partial charge in [-0.1, -0.05) is 29.8 Å². The van der Waals surface area contributed by atoms with Gasteiger partial charge in [0.15, 0.2) is 0 Å². The largest absolute Gasteiger partial charge is 0.351 e. The average Bonchev–Trinajstić information content (AvgIpc) is 3.24. The van der Waals surface area contributed by atoms with E-state index in [2.05, 4.69) is 5.32 Å². The molecule has 0 spiro atoms. The molecule has 2 aromatic heterocycles. The van der Waals surface area contributed by atoms with Gasteiger partial charge in [0, 0.05) is 15.8 Å². The summed E-state index contributed by atoms with van der Waals surface area (Å²) >= 11 is 2.94. The summed E-state index contributed by atoms with van der Waals surface area (Å²) in [4.78, 5) is 26.0. The van der Waals surface area contributed by atoms with Crippen molar-refractivity contribution in [3.05, 3.63) is 79.7 Å². The van der Waals surface area contributed by atoms with E-state index in [4.69, 9.17) is 0 Å². The Morgan fingerprint density at radius 2 is 2.00 bits per heavy atom. The van der Waals surface area contributed by atoms with Crippen LogP contribution < -0.4 is 5.32 Å². The van der Waals surface area contributed by atoms with Crippen LogP contribution in [0.25, 0.3) is 0 Å². The van der Waals surface area contributed by atoms with Gasteiger partial charge in [-0.05, 0) is 36.1 Å². The highest BCUT2D eigenvalue weighted by Crippen LogP contribution is 2.21. The zero-order valence-corrected chi connectivity index (χ0v) is 14.9. The highest BCUT2D eigenvalue weighted by Gasteiger charge is 2.12. The molecule has 0 fully saturated rings. The average molecular weight is 355 g/mol. The molecule has 1 amide bonds. The molecule has 0 aliphatic heterocycles. The fraction of sp³-hybridized carbons (Fsp3) is 0.158. The maximum absolute atomic E-state index is 12.3. The van der Waals surface area contributed by atoms with E-state index in [0.717, 1.165) is 21.6 Å². The van der Waals surface area contributed by atoms with E-state index in [1.165, 1.54) is 22.7 Å². The Kier molecular flexibility index (Phi) is 5.23. The lowest BCUT2D eigenvalue weighted by molar-refractivity contribution is -0.120. The third-order valence-corrected chi connectivity index (χ3v) is 5.34. The van der Waals surface area contributed by atoms with Crippen molar-refractivity contribution in [3.8, 4) is 0 Å². The maximum Gasteiger partial charge on any atom is 0.224 e. The van der Waals surface area contributed by atoms with Gasteiger partial charge in [-0.3, -0.25) is 9.59 Å². The first-order valence-corrected chi connectivity index (χ1v) is 9.35. The SMILES string of the molecule is Cc1cccc(CC(=O)NCc2ccc(C(=O)c3ccsc3)s2)c1. The lowest BCUT2D eigenvalue weighted by atomic mass is 10.1. The van der Waals surface area contributed by atoms with E-state index in [1.54, 1.807) is 0 Å². The minimum atomic E-state index is -0.0142. The second kappa shape index (κ2) is 7.55. The van der Waals surface area contributed by atoms with Gasteiger partial charge in [-0.25, -0.2) is 0 Å². The van der Waals surface area contributed by atoms with E-state index >= 15 is 0 Å². The van der Waals surface area contributed by atoms with Gasteiger partial charge < -0.3 is 5.32 Å². The van der Waals surface area contributed by atoms with E-state index in [9.17, 15) is 9.59 Å². The monoisotopic (exact) mass is 355 g/mol. The standard InChI is InChI=1S/C19H17NO2S2/c1-13-3-2-4-14(9-13)10-18(21)20-11-16-5-6-17(24-16)19(22)15-7-8-23-12-15/h2-9,12H,10-11H2,1H3,(H,20,21). The molecule has 0 unspecified atom stereocenters. The third-order valence-electron chi connectivity index (χ3n) is 3.58. The zero-order valence-electron chi connectivity index (χ0n) is 13.2. The van der Waals surface area contributed by atoms with Gasteiger partial charge >= 0.3 is 0 Å². The Morgan fingerprint density at radius 3 is 2.75 bits per heavy atom. The van der Waals surface area contributed by atoms with Crippen molar-refractivity contribution < 1.29 is 9.59 Å². The summed E-state index contributed by atoms with van der Waals surface area (Å²) in [6.07, 6.45) is 0.369. The number of aryl methyl sites for hydroxylation is 1. The van der Waals surface area contributed by atoms with Crippen LogP contribution in [0.4, 0.5) is 0 Å². The van der Waals surface area contributed by atoms with Crippen molar-refractivity contribution in [1.29, 1.82) is 0 Å². The van der Waals surface area contributed by atoms with Crippen LogP contribution in [0.1, 0.15) is 31.2 Å². The van der Waals surface area contributed by atoms with Crippen LogP contribution >= 0.6 is 22.7 Å². The Balaban J connectivity index is 1.55. The first-order chi connectivity index (χ1) is 11.6. The summed E-state index contributed by atoms with van der Waals surface area (Å²) < 4.78 is 0. The van der Waals surface area contributed by atoms with Crippen LogP contribution in [0.3, 0.4) is 0 Å². The minimum Gasteiger partial charge on any atom is -0.351 e. The number of benzene rings is 1. The normalized spacial score (nSPS) is 10.5. The van der Waals surface area contributed by atoms with Gasteiger partial charge in [0.05, 0.1) is 17.8 Å². The van der Waals surface area contributed by atoms with Gasteiger partial charge in [0.1, 0.15) is 0 Å². The van der Waals surface area contributed by atoms with Crippen LogP contribution in [0.5, 0.6) is 0 Å². The van der Waals surface area contributed by atoms with Crippen molar-refractivity contribution in [1.82, 2.24) is 5.32 Å². The molecule has 0 saturated carbocycles. The Hall–Kier alpha value is -2.24. The van der Waals surface area contributed by atoms with E-state index < -0.39 is 0 Å². The van der Waals surface area contributed by atoms with Crippen LogP contribution in [-0.4, -0.2) is 11.7 Å². The molecule has 3 rings (SSSR count). The number of rotatable bonds is 6. The second-order valence-electron chi connectivity index (χ2n) is 5.55. The van der Waals surface area contributed by atoms with Crippen LogP contribution in [0.2, 0.25) is 0 Å². The van der Waals surface area contributed by atoms with Gasteiger partial charge in [-0.15, -0.1) is 11.3 Å². The fourth-order valence-electron chi connectivity index (χ4n) is 2.39. The fourth-order valence-corrected chi connectivity index (χ4v) is 3.93. The van der Waals surface area contributed by atoms with Crippen molar-refractivity contribution in [2.24, 2.45) is 0 Å². The molecule has 0 radical (unpaired) electrons. The highest BCUT2D eigenvalue weighted by molar-refractivity contribution is 7.14. The summed E-state index contributed by atoms with van der Waals surface area (Å²) in [7, 11) is 0. The number of hydrogen-bond donors (Lipinski definition) is 1. The lowest BCUT2D eigenvalue weighted by Gasteiger charge is -2.04. The topological polar surface area (TPSA) is 46.2 Å². The number of nitrogens with one attached hydrogen (secondary N) is 1. The number of thiophene rings is 2. The molecule has 0 saturated heterocycles. The predicted molar refractivity (Wildman–Crippen MR) is 98.8 cm³/mol. The van der Waals surface area contributed by atoms with Crippen LogP contribution in [0.15, 0.2) is 53.2 Å². The first kappa shape index (κ1) is 16.6. The summed E-state index contributed by atoms with van der Waals surface area (Å²) in [6.45, 7) is 2.46. The lowest BCUT2D eigenvalue weighted by Crippen LogP contribution is -2.24. The second-order valence-corrected chi connectivity index (χ2v) is 7.50. The molecule has 3 aromatic rings. The molecule has 0 aliphatic rings. The number of hydrogen-bond acceptors (Lipinski definition) is 4. The van der Waals surface area contributed by atoms with Crippen molar-refractivity contribution in [2.45, 2.75) is 19.9 Å². The molecule has 24 heavy (non-hydrogen) atoms. The molecule has 1 N–H and O–H groups in total. The van der Waals surface area contributed by atoms with E-state index in [1.807, 2.05) is 60.1 Å². The molecule has 0 bridgehead atoms. The molecule has 0 atom stereocenters. The quantitative estimate of drug-likeness (QED) is 0.673. The van der Waals surface area contributed by atoms with Gasteiger partial charge in [0.2, 0.25) is 11.7 Å². The number of ketones is 1. The third kappa shape index (κ3) is 4.19. The summed E-state index contributed by atoms with van der Waals surface area (Å²) in [5, 5.41) is 6.66. The molecule has 5 heteroatoms. The first-order valence-electron chi connectivity index (χ1n) is 7.59. The summed E-state index contributed by atoms with van der Waals surface area (Å²) in [5.74, 6) is 0.0262. The molecule has 2 heterocycles. The molecule has 1 aromatic carbocycles. The summed E-state index contributed by atoms with van der Waals surface area (Å²) in [5.41, 5.74) is 2.87. The number of carbonyl (C=O) groups is 2. The molecule has 0 aliphatic carbocycles. The van der Waals surface area contributed by atoms with Crippen molar-refractivity contribution >= 4 is 34.4 Å². The Labute approximate surface area is 149 Å². The van der Waals surface area contributed by atoms with E-state index in [-0.39, 0.29) is 11.7 Å². The van der Waals surface area contributed by atoms with Gasteiger partial charge in [-0.2, -0.15) is 11.3 Å². The highest BCUT2D eigenvalue weighted by atomic mass is 32.1. The van der Waals surface area contributed by atoms with Crippen molar-refractivity contribution in [3.63, 3.8) is 0 Å². The Morgan fingerprint density at radius 1 is 1.12 bits per heavy atom. The maximum atomic E-state index is 12.3. The molecule has 3 nitrogen and oxygen atoms in total. The van der Waals surface area contributed by atoms with Crippen LogP contribution in [0, 0.1) is 6.92 Å². The molecular formula is C19H17NO2S2. The van der Waals surface area contributed by atoms with E-state index in [0.29, 0.717) is 17.8 Å². The Bertz CT molecular complexity index is 850. The zero-order chi connectivity index (χ0) is 16.9. The number of amides is 1. The minimum absolute atomic E-state index is 0.0142.